The minimum Gasteiger partial charge on any atom is -0.248 e. The van der Waals surface area contributed by atoms with Crippen LogP contribution in [0.3, 0.4) is 0 Å². The first-order valence-electron chi connectivity index (χ1n) is 8.23. The Bertz CT molecular complexity index is 1090. The maximum Gasteiger partial charge on any atom is 0.0710 e. The quantitative estimate of drug-likeness (QED) is 0.470. The standard InChI is InChI=1S/C23H16BrN/c1-16-8-9-20(15-21(16)24)23-13-11-19-14-18(10-12-22(19)25-23)17-6-4-2-3-5-7-17/h4,6-15H,2H2,1H3. The minimum absolute atomic E-state index is 0.810. The molecule has 120 valence electrons. The van der Waals surface area contributed by atoms with Gasteiger partial charge in [-0.05, 0) is 54.0 Å². The van der Waals surface area contributed by atoms with Gasteiger partial charge in [0.1, 0.15) is 0 Å². The van der Waals surface area contributed by atoms with Gasteiger partial charge in [-0.15, -0.1) is 0 Å². The summed E-state index contributed by atoms with van der Waals surface area (Å²) >= 11 is 3.60. The van der Waals surface area contributed by atoms with E-state index >= 15 is 0 Å². The highest BCUT2D eigenvalue weighted by Gasteiger charge is 2.06. The van der Waals surface area contributed by atoms with E-state index in [1.807, 2.05) is 6.08 Å². The summed E-state index contributed by atoms with van der Waals surface area (Å²) in [6, 6.07) is 17.0. The van der Waals surface area contributed by atoms with Crippen molar-refractivity contribution in [3.8, 4) is 23.1 Å². The molecular weight excluding hydrogens is 370 g/mol. The molecule has 3 aromatic rings. The molecule has 25 heavy (non-hydrogen) atoms. The molecule has 0 unspecified atom stereocenters. The molecule has 0 fully saturated rings. The molecule has 4 rings (SSSR count). The zero-order valence-electron chi connectivity index (χ0n) is 13.9. The number of benzene rings is 2. The number of aryl methyl sites for hydroxylation is 1. The second-order valence-electron chi connectivity index (χ2n) is 6.10. The van der Waals surface area contributed by atoms with Crippen molar-refractivity contribution in [3.05, 3.63) is 82.4 Å². The Hall–Kier alpha value is -2.63. The molecule has 0 spiro atoms. The second-order valence-corrected chi connectivity index (χ2v) is 6.95. The average molecular weight is 386 g/mol. The number of allylic oxidation sites excluding steroid dienone is 4. The van der Waals surface area contributed by atoms with Crippen molar-refractivity contribution < 1.29 is 0 Å². The minimum atomic E-state index is 0.810. The van der Waals surface area contributed by atoms with E-state index in [9.17, 15) is 0 Å². The van der Waals surface area contributed by atoms with Crippen molar-refractivity contribution >= 4 is 32.4 Å². The van der Waals surface area contributed by atoms with Gasteiger partial charge in [0.25, 0.3) is 0 Å². The van der Waals surface area contributed by atoms with Crippen molar-refractivity contribution in [1.82, 2.24) is 4.98 Å². The van der Waals surface area contributed by atoms with Crippen molar-refractivity contribution in [2.45, 2.75) is 13.3 Å². The Morgan fingerprint density at radius 3 is 2.76 bits per heavy atom. The third kappa shape index (κ3) is 3.29. The van der Waals surface area contributed by atoms with Crippen LogP contribution in [0, 0.1) is 18.8 Å². The molecule has 1 aliphatic carbocycles. The van der Waals surface area contributed by atoms with E-state index < -0.39 is 0 Å². The van der Waals surface area contributed by atoms with Crippen molar-refractivity contribution in [3.63, 3.8) is 0 Å². The number of halogens is 1. The zero-order valence-corrected chi connectivity index (χ0v) is 15.5. The fourth-order valence-electron chi connectivity index (χ4n) is 2.88. The largest absolute Gasteiger partial charge is 0.248 e. The zero-order chi connectivity index (χ0) is 17.2. The number of hydrogen-bond donors (Lipinski definition) is 0. The van der Waals surface area contributed by atoms with Gasteiger partial charge in [0.05, 0.1) is 11.2 Å². The van der Waals surface area contributed by atoms with Crippen LogP contribution >= 0.6 is 15.9 Å². The van der Waals surface area contributed by atoms with E-state index in [2.05, 4.69) is 95.4 Å². The van der Waals surface area contributed by atoms with Crippen LogP contribution in [0.2, 0.25) is 0 Å². The molecular formula is C23H16BrN. The molecule has 0 saturated heterocycles. The summed E-state index contributed by atoms with van der Waals surface area (Å²) in [4.78, 5) is 4.83. The maximum absolute atomic E-state index is 4.83. The molecule has 2 heteroatoms. The van der Waals surface area contributed by atoms with Crippen LogP contribution in [0.15, 0.2) is 71.2 Å². The van der Waals surface area contributed by atoms with Gasteiger partial charge in [0.15, 0.2) is 0 Å². The maximum atomic E-state index is 4.83. The smallest absolute Gasteiger partial charge is 0.0710 e. The highest BCUT2D eigenvalue weighted by atomic mass is 79.9. The van der Waals surface area contributed by atoms with Crippen LogP contribution in [0.4, 0.5) is 0 Å². The Morgan fingerprint density at radius 2 is 1.88 bits per heavy atom. The number of pyridine rings is 1. The average Bonchev–Trinajstić information content (AvgIpc) is 2.92. The fraction of sp³-hybridized carbons (Fsp3) is 0.0870. The lowest BCUT2D eigenvalue weighted by atomic mass is 10.0. The number of hydrogen-bond acceptors (Lipinski definition) is 1. The van der Waals surface area contributed by atoms with Crippen LogP contribution < -0.4 is 0 Å². The lowest BCUT2D eigenvalue weighted by Gasteiger charge is -2.07. The number of nitrogens with zero attached hydrogens (tertiary/aromatic N) is 1. The normalized spacial score (nSPS) is 13.1. The first-order chi connectivity index (χ1) is 12.2. The summed E-state index contributed by atoms with van der Waals surface area (Å²) in [6.45, 7) is 2.09. The van der Waals surface area contributed by atoms with Gasteiger partial charge in [0.2, 0.25) is 0 Å². The molecule has 1 aromatic heterocycles. The lowest BCUT2D eigenvalue weighted by Crippen LogP contribution is -1.88. The van der Waals surface area contributed by atoms with Gasteiger partial charge in [-0.3, -0.25) is 0 Å². The molecule has 0 aliphatic heterocycles. The molecule has 1 aliphatic rings. The molecule has 0 bridgehead atoms. The topological polar surface area (TPSA) is 12.9 Å². The van der Waals surface area contributed by atoms with Gasteiger partial charge in [-0.1, -0.05) is 64.2 Å². The molecule has 0 atom stereocenters. The number of aromatic nitrogens is 1. The van der Waals surface area contributed by atoms with Crippen molar-refractivity contribution in [2.24, 2.45) is 0 Å². The third-order valence-electron chi connectivity index (χ3n) is 4.34. The molecule has 1 heterocycles. The molecule has 0 amide bonds. The molecule has 0 saturated carbocycles. The predicted octanol–water partition coefficient (Wildman–Crippen LogP) is 6.32. The van der Waals surface area contributed by atoms with Crippen LogP contribution in [-0.2, 0) is 0 Å². The van der Waals surface area contributed by atoms with Gasteiger partial charge >= 0.3 is 0 Å². The summed E-state index contributed by atoms with van der Waals surface area (Å²) in [5.74, 6) is 6.18. The van der Waals surface area contributed by atoms with E-state index in [1.165, 1.54) is 11.1 Å². The summed E-state index contributed by atoms with van der Waals surface area (Å²) < 4.78 is 1.11. The van der Waals surface area contributed by atoms with Gasteiger partial charge < -0.3 is 0 Å². The second kappa shape index (κ2) is 6.70. The van der Waals surface area contributed by atoms with Gasteiger partial charge in [0, 0.05) is 21.8 Å². The van der Waals surface area contributed by atoms with Crippen molar-refractivity contribution in [1.29, 1.82) is 0 Å². The van der Waals surface area contributed by atoms with Gasteiger partial charge in [-0.2, -0.15) is 0 Å². The van der Waals surface area contributed by atoms with E-state index in [4.69, 9.17) is 4.98 Å². The summed E-state index contributed by atoms with van der Waals surface area (Å²) in [7, 11) is 0. The highest BCUT2D eigenvalue weighted by Crippen LogP contribution is 2.27. The van der Waals surface area contributed by atoms with Crippen LogP contribution in [0.25, 0.3) is 27.7 Å². The lowest BCUT2D eigenvalue weighted by molar-refractivity contribution is 1.37. The summed E-state index contributed by atoms with van der Waals surface area (Å²) in [5, 5.41) is 1.14. The SMILES string of the molecule is Cc1ccc(-c2ccc3cc(C4=CC#CCC=C4)ccc3n2)cc1Br. The van der Waals surface area contributed by atoms with Crippen molar-refractivity contribution in [2.75, 3.05) is 0 Å². The molecule has 0 radical (unpaired) electrons. The summed E-state index contributed by atoms with van der Waals surface area (Å²) in [6.07, 6.45) is 7.02. The van der Waals surface area contributed by atoms with Crippen LogP contribution in [-0.4, -0.2) is 4.98 Å². The predicted molar refractivity (Wildman–Crippen MR) is 109 cm³/mol. The fourth-order valence-corrected chi connectivity index (χ4v) is 3.26. The van der Waals surface area contributed by atoms with Crippen LogP contribution in [0.5, 0.6) is 0 Å². The van der Waals surface area contributed by atoms with E-state index in [1.54, 1.807) is 0 Å². The molecule has 1 nitrogen and oxygen atoms in total. The Kier molecular flexibility index (Phi) is 4.26. The highest BCUT2D eigenvalue weighted by molar-refractivity contribution is 9.10. The first-order valence-corrected chi connectivity index (χ1v) is 9.03. The Morgan fingerprint density at radius 1 is 1.00 bits per heavy atom. The number of rotatable bonds is 2. The third-order valence-corrected chi connectivity index (χ3v) is 5.19. The molecule has 2 aromatic carbocycles. The monoisotopic (exact) mass is 385 g/mol. The Labute approximate surface area is 156 Å². The van der Waals surface area contributed by atoms with E-state index in [0.29, 0.717) is 0 Å². The van der Waals surface area contributed by atoms with Gasteiger partial charge in [-0.25, -0.2) is 4.98 Å². The van der Waals surface area contributed by atoms with Crippen LogP contribution in [0.1, 0.15) is 17.5 Å². The van der Waals surface area contributed by atoms with E-state index in [-0.39, 0.29) is 0 Å². The van der Waals surface area contributed by atoms with E-state index in [0.717, 1.165) is 38.6 Å². The Balaban J connectivity index is 1.75. The first kappa shape index (κ1) is 15.9. The summed E-state index contributed by atoms with van der Waals surface area (Å²) in [5.41, 5.74) is 6.66. The number of fused-ring (bicyclic) bond motifs is 1. The molecule has 0 N–H and O–H groups in total.